The lowest BCUT2D eigenvalue weighted by Crippen LogP contribution is -2.27. The van der Waals surface area contributed by atoms with Crippen LogP contribution in [-0.2, 0) is 30.6 Å². The van der Waals surface area contributed by atoms with Gasteiger partial charge in [-0.3, -0.25) is 0 Å². The van der Waals surface area contributed by atoms with E-state index >= 15 is 0 Å². The van der Waals surface area contributed by atoms with E-state index in [-0.39, 0.29) is 42.0 Å². The lowest BCUT2D eigenvalue weighted by molar-refractivity contribution is 0.321. The zero-order valence-electron chi connectivity index (χ0n) is 22.9. The van der Waals surface area contributed by atoms with Gasteiger partial charge in [-0.25, -0.2) is 30.3 Å². The number of nitrogens with one attached hydrogen (secondary N) is 1. The van der Waals surface area contributed by atoms with Gasteiger partial charge in [-0.1, -0.05) is 79.3 Å². The highest BCUT2D eigenvalue weighted by atomic mass is 35.7. The highest BCUT2D eigenvalue weighted by molar-refractivity contribution is 8.13. The van der Waals surface area contributed by atoms with Gasteiger partial charge in [0.2, 0.25) is 19.1 Å². The molecule has 41 heavy (non-hydrogen) atoms. The first-order valence-electron chi connectivity index (χ1n) is 11.9. The summed E-state index contributed by atoms with van der Waals surface area (Å²) >= 11 is 22.8. The van der Waals surface area contributed by atoms with Crippen molar-refractivity contribution in [2.24, 2.45) is 5.73 Å². The molecule has 3 N–H and O–H groups in total. The van der Waals surface area contributed by atoms with E-state index in [4.69, 9.17) is 57.1 Å². The molecule has 2 aromatic rings. The summed E-state index contributed by atoms with van der Waals surface area (Å²) in [5.41, 5.74) is 5.53. The van der Waals surface area contributed by atoms with E-state index in [1.807, 2.05) is 0 Å². The van der Waals surface area contributed by atoms with E-state index < -0.39 is 32.4 Å². The first kappa shape index (κ1) is 45.3. The predicted octanol–water partition coefficient (Wildman–Crippen LogP) is 7.13. The summed E-state index contributed by atoms with van der Waals surface area (Å²) in [6, 6.07) is 9.10. The fraction of sp³-hybridized carbons (Fsp3) is 0.500. The van der Waals surface area contributed by atoms with Gasteiger partial charge in [-0.05, 0) is 55.0 Å². The van der Waals surface area contributed by atoms with Gasteiger partial charge in [-0.2, -0.15) is 0 Å². The van der Waals surface area contributed by atoms with Gasteiger partial charge >= 0.3 is 0 Å². The van der Waals surface area contributed by atoms with Crippen molar-refractivity contribution < 1.29 is 25.6 Å². The third-order valence-corrected chi connectivity index (χ3v) is 8.06. The van der Waals surface area contributed by atoms with Crippen molar-refractivity contribution >= 4 is 88.6 Å². The SMILES string of the molecule is CCN(CC)CC.Cl.NCCF.O=S(=O)(Cc1ccc(Cl)cc1Cl)NCCF.O=S(=O)(Cl)Cc1ccc(Cl)cc1Cl. The first-order valence-corrected chi connectivity index (χ1v) is 17.6. The fourth-order valence-electron chi connectivity index (χ4n) is 2.58. The molecule has 0 fully saturated rings. The van der Waals surface area contributed by atoms with Gasteiger partial charge < -0.3 is 10.6 Å². The second-order valence-corrected chi connectivity index (χ2v) is 13.9. The number of hydrogen-bond acceptors (Lipinski definition) is 6. The van der Waals surface area contributed by atoms with Crippen LogP contribution in [-0.4, -0.2) is 67.8 Å². The highest BCUT2D eigenvalue weighted by Gasteiger charge is 2.13. The number of nitrogens with two attached hydrogens (primary N) is 1. The van der Waals surface area contributed by atoms with E-state index in [9.17, 15) is 25.6 Å². The summed E-state index contributed by atoms with van der Waals surface area (Å²) in [4.78, 5) is 2.38. The standard InChI is InChI=1S/C9H10Cl2FNO2S.C7H5Cl3O2S.C6H15N.C2H6FN.ClH/c10-8-2-1-7(9(11)5-8)6-16(14,15)13-4-3-12;8-6-2-1-5(7(9)3-6)4-13(10,11)12;1-4-7(5-2)6-3;3-1-2-4;/h1-2,5,13H,3-4,6H2;1-3H,4H2;4-6H2,1-3H3;1-2,4H2;1H. The van der Waals surface area contributed by atoms with Crippen LogP contribution < -0.4 is 10.5 Å². The Balaban J connectivity index is -0.000000517. The minimum absolute atomic E-state index is 0. The average Bonchev–Trinajstić information content (AvgIpc) is 2.87. The Labute approximate surface area is 273 Å². The molecule has 2 aromatic carbocycles. The number of benzene rings is 2. The number of rotatable bonds is 11. The molecule has 0 aliphatic rings. The molecule has 0 aromatic heterocycles. The van der Waals surface area contributed by atoms with Gasteiger partial charge in [-0.15, -0.1) is 12.4 Å². The van der Waals surface area contributed by atoms with Gasteiger partial charge in [0.15, 0.2) is 0 Å². The number of sulfonamides is 1. The number of halogens is 8. The van der Waals surface area contributed by atoms with E-state index in [0.29, 0.717) is 26.2 Å². The number of alkyl halides is 2. The second kappa shape index (κ2) is 25.2. The largest absolute Gasteiger partial charge is 0.328 e. The molecule has 0 spiro atoms. The summed E-state index contributed by atoms with van der Waals surface area (Å²) in [6.45, 7) is 8.90. The van der Waals surface area contributed by atoms with Crippen LogP contribution in [0.25, 0.3) is 0 Å². The summed E-state index contributed by atoms with van der Waals surface area (Å²) in [5, 5.41) is 1.47. The van der Waals surface area contributed by atoms with Gasteiger partial charge in [0.1, 0.15) is 13.3 Å². The summed E-state index contributed by atoms with van der Waals surface area (Å²) in [6.07, 6.45) is 0. The third-order valence-electron chi connectivity index (χ3n) is 4.57. The van der Waals surface area contributed by atoms with E-state index in [1.54, 1.807) is 12.1 Å². The van der Waals surface area contributed by atoms with Crippen molar-refractivity contribution in [2.75, 3.05) is 46.1 Å². The van der Waals surface area contributed by atoms with Crippen LogP contribution in [0.1, 0.15) is 31.9 Å². The molecule has 0 amide bonds. The Bertz CT molecular complexity index is 1190. The minimum Gasteiger partial charge on any atom is -0.328 e. The molecule has 7 nitrogen and oxygen atoms in total. The third kappa shape index (κ3) is 24.9. The predicted molar refractivity (Wildman–Crippen MR) is 174 cm³/mol. The van der Waals surface area contributed by atoms with Crippen LogP contribution in [0.15, 0.2) is 36.4 Å². The van der Waals surface area contributed by atoms with Crippen molar-refractivity contribution in [1.29, 1.82) is 0 Å². The van der Waals surface area contributed by atoms with Crippen molar-refractivity contribution in [3.05, 3.63) is 67.6 Å². The maximum Gasteiger partial charge on any atom is 0.236 e. The molecule has 0 radical (unpaired) electrons. The quantitative estimate of drug-likeness (QED) is 0.237. The molecule has 0 saturated heterocycles. The van der Waals surface area contributed by atoms with Crippen LogP contribution in [0, 0.1) is 0 Å². The molecular formula is C24H37Cl6F2N3O4S2. The number of nitrogens with zero attached hydrogens (tertiary/aromatic N) is 1. The normalized spacial score (nSPS) is 10.7. The van der Waals surface area contributed by atoms with Crippen LogP contribution in [0.2, 0.25) is 20.1 Å². The second-order valence-electron chi connectivity index (χ2n) is 7.59. The fourth-order valence-corrected chi connectivity index (χ4v) is 5.82. The Kier molecular flexibility index (Phi) is 27.8. The summed E-state index contributed by atoms with van der Waals surface area (Å²) < 4.78 is 68.8. The zero-order chi connectivity index (χ0) is 31.4. The maximum absolute atomic E-state index is 11.8. The molecule has 0 unspecified atom stereocenters. The Morgan fingerprint density at radius 2 is 1.17 bits per heavy atom. The molecule has 0 atom stereocenters. The molecule has 0 heterocycles. The molecule has 0 aliphatic heterocycles. The first-order chi connectivity index (χ1) is 18.6. The smallest absolute Gasteiger partial charge is 0.236 e. The van der Waals surface area contributed by atoms with Crippen molar-refractivity contribution in [2.45, 2.75) is 32.3 Å². The highest BCUT2D eigenvalue weighted by Crippen LogP contribution is 2.24. The minimum atomic E-state index is -3.57. The number of hydrogen-bond donors (Lipinski definition) is 2. The van der Waals surface area contributed by atoms with Crippen molar-refractivity contribution in [1.82, 2.24) is 9.62 Å². The van der Waals surface area contributed by atoms with E-state index in [2.05, 4.69) is 36.1 Å². The zero-order valence-corrected chi connectivity index (χ0v) is 29.1. The lowest BCUT2D eigenvalue weighted by Gasteiger charge is -2.13. The monoisotopic (exact) mass is 743 g/mol. The Morgan fingerprint density at radius 3 is 1.44 bits per heavy atom. The molecule has 0 bridgehead atoms. The van der Waals surface area contributed by atoms with Crippen LogP contribution in [0.5, 0.6) is 0 Å². The van der Waals surface area contributed by atoms with Gasteiger partial charge in [0, 0.05) is 43.9 Å². The Morgan fingerprint density at radius 1 is 0.780 bits per heavy atom. The van der Waals surface area contributed by atoms with Crippen molar-refractivity contribution in [3.63, 3.8) is 0 Å². The van der Waals surface area contributed by atoms with Crippen molar-refractivity contribution in [3.8, 4) is 0 Å². The lowest BCUT2D eigenvalue weighted by atomic mass is 10.2. The van der Waals surface area contributed by atoms with E-state index in [0.717, 1.165) is 0 Å². The average molecular weight is 746 g/mol. The Hall–Kier alpha value is -0.180. The molecule has 240 valence electrons. The van der Waals surface area contributed by atoms with Crippen LogP contribution >= 0.6 is 69.5 Å². The molecule has 17 heteroatoms. The maximum atomic E-state index is 11.8. The van der Waals surface area contributed by atoms with Crippen LogP contribution in [0.3, 0.4) is 0 Å². The molecule has 0 aliphatic carbocycles. The van der Waals surface area contributed by atoms with Gasteiger partial charge in [0.05, 0.1) is 11.5 Å². The molecular weight excluding hydrogens is 709 g/mol. The summed E-state index contributed by atoms with van der Waals surface area (Å²) in [5.74, 6) is -0.576. The van der Waals surface area contributed by atoms with Crippen LogP contribution in [0.4, 0.5) is 8.78 Å². The van der Waals surface area contributed by atoms with Gasteiger partial charge in [0.25, 0.3) is 0 Å². The molecule has 2 rings (SSSR count). The van der Waals surface area contributed by atoms with E-state index in [1.165, 1.54) is 43.9 Å². The summed E-state index contributed by atoms with van der Waals surface area (Å²) in [7, 11) is -2.06. The topological polar surface area (TPSA) is 110 Å². The molecule has 0 saturated carbocycles.